The molecule has 0 fully saturated rings. The number of rotatable bonds is 5. The van der Waals surface area contributed by atoms with Crippen LogP contribution in [-0.4, -0.2) is 38.1 Å². The lowest BCUT2D eigenvalue weighted by Crippen LogP contribution is -3.13. The van der Waals surface area contributed by atoms with Crippen molar-refractivity contribution >= 4 is 17.5 Å². The van der Waals surface area contributed by atoms with E-state index >= 15 is 0 Å². The summed E-state index contributed by atoms with van der Waals surface area (Å²) < 4.78 is 0. The normalized spacial score (nSPS) is 17.5. The molecule has 0 aliphatic carbocycles. The molecule has 5 nitrogen and oxygen atoms in total. The molecule has 3 amide bonds. The van der Waals surface area contributed by atoms with Crippen LogP contribution in [-0.2, 0) is 4.79 Å². The lowest BCUT2D eigenvalue weighted by atomic mass is 10.00. The third kappa shape index (κ3) is 5.87. The Hall–Kier alpha value is -2.14. The van der Waals surface area contributed by atoms with E-state index in [1.165, 1.54) is 16.0 Å². The van der Waals surface area contributed by atoms with Gasteiger partial charge < -0.3 is 10.2 Å². The molecule has 1 aromatic rings. The number of nitrogens with one attached hydrogen (secondary N) is 3. The predicted molar refractivity (Wildman–Crippen MR) is 91.0 cm³/mol. The monoisotopic (exact) mass is 316 g/mol. The predicted octanol–water partition coefficient (Wildman–Crippen LogP) is 0.840. The second-order valence-electron chi connectivity index (χ2n) is 6.38. The van der Waals surface area contributed by atoms with Crippen LogP contribution in [0.25, 0.3) is 5.57 Å². The Bertz CT molecular complexity index is 567. The maximum Gasteiger partial charge on any atom is 0.321 e. The summed E-state index contributed by atoms with van der Waals surface area (Å²) in [5, 5.41) is 5.08. The van der Waals surface area contributed by atoms with Crippen LogP contribution in [0, 0.1) is 5.92 Å². The molecule has 124 valence electrons. The molecule has 0 aromatic heterocycles. The van der Waals surface area contributed by atoms with E-state index in [9.17, 15) is 9.59 Å². The number of carbonyl (C=O) groups excluding carboxylic acids is 2. The Morgan fingerprint density at radius 3 is 2.57 bits per heavy atom. The molecular weight excluding hydrogens is 290 g/mol. The Balaban J connectivity index is 1.76. The number of hydrogen-bond donors (Lipinski definition) is 3. The number of imide groups is 1. The van der Waals surface area contributed by atoms with Gasteiger partial charge in [-0.3, -0.25) is 10.1 Å². The van der Waals surface area contributed by atoms with Crippen molar-refractivity contribution in [3.8, 4) is 0 Å². The van der Waals surface area contributed by atoms with Gasteiger partial charge in [0.25, 0.3) is 5.91 Å². The van der Waals surface area contributed by atoms with Gasteiger partial charge in [-0.2, -0.15) is 0 Å². The Morgan fingerprint density at radius 2 is 1.96 bits per heavy atom. The van der Waals surface area contributed by atoms with E-state index in [1.54, 1.807) is 0 Å². The maximum absolute atomic E-state index is 11.9. The standard InChI is InChI=1S/C18H25N3O2/c1-14(2)12-19-18(23)20-17(22)13-21-10-8-16(9-11-21)15-6-4-3-5-7-15/h3-8,14H,9-13H2,1-2H3,(H2,19,20,22,23)/p+1. The molecule has 0 saturated carbocycles. The first-order chi connectivity index (χ1) is 11.0. The third-order valence-corrected chi connectivity index (χ3v) is 3.86. The second kappa shape index (κ2) is 8.48. The van der Waals surface area contributed by atoms with Gasteiger partial charge in [0.2, 0.25) is 0 Å². The molecule has 3 N–H and O–H groups in total. The molecule has 2 rings (SSSR count). The summed E-state index contributed by atoms with van der Waals surface area (Å²) in [6.07, 6.45) is 3.15. The molecular formula is C18H26N3O2+. The van der Waals surface area contributed by atoms with Gasteiger partial charge in [-0.25, -0.2) is 4.79 Å². The van der Waals surface area contributed by atoms with Crippen molar-refractivity contribution in [3.63, 3.8) is 0 Å². The molecule has 23 heavy (non-hydrogen) atoms. The summed E-state index contributed by atoms with van der Waals surface area (Å²) in [7, 11) is 0. The minimum Gasteiger partial charge on any atom is -0.338 e. The summed E-state index contributed by atoms with van der Waals surface area (Å²) in [5.74, 6) is 0.142. The van der Waals surface area contributed by atoms with Gasteiger partial charge in [0, 0.05) is 13.0 Å². The van der Waals surface area contributed by atoms with E-state index in [1.807, 2.05) is 32.0 Å². The highest BCUT2D eigenvalue weighted by Gasteiger charge is 2.19. The fraction of sp³-hybridized carbons (Fsp3) is 0.444. The first kappa shape index (κ1) is 17.2. The fourth-order valence-corrected chi connectivity index (χ4v) is 2.60. The van der Waals surface area contributed by atoms with Gasteiger partial charge in [-0.05, 0) is 23.1 Å². The lowest BCUT2D eigenvalue weighted by Gasteiger charge is -2.23. The first-order valence-electron chi connectivity index (χ1n) is 8.20. The summed E-state index contributed by atoms with van der Waals surface area (Å²) in [4.78, 5) is 24.7. The number of quaternary nitrogens is 1. The molecule has 0 saturated heterocycles. The molecule has 1 heterocycles. The van der Waals surface area contributed by atoms with Crippen molar-refractivity contribution in [3.05, 3.63) is 42.0 Å². The van der Waals surface area contributed by atoms with Crippen LogP contribution in [0.4, 0.5) is 4.79 Å². The van der Waals surface area contributed by atoms with Crippen molar-refractivity contribution in [1.29, 1.82) is 0 Å². The largest absolute Gasteiger partial charge is 0.338 e. The Labute approximate surface area is 137 Å². The SMILES string of the molecule is CC(C)CNC(=O)NC(=O)C[NH+]1CC=C(c2ccccc2)CC1. The van der Waals surface area contributed by atoms with Crippen molar-refractivity contribution in [2.24, 2.45) is 5.92 Å². The van der Waals surface area contributed by atoms with E-state index in [0.29, 0.717) is 19.0 Å². The minimum absolute atomic E-state index is 0.224. The number of hydrogen-bond acceptors (Lipinski definition) is 2. The second-order valence-corrected chi connectivity index (χ2v) is 6.38. The van der Waals surface area contributed by atoms with Crippen LogP contribution in [0.3, 0.4) is 0 Å². The number of carbonyl (C=O) groups is 2. The maximum atomic E-state index is 11.9. The smallest absolute Gasteiger partial charge is 0.321 e. The summed E-state index contributed by atoms with van der Waals surface area (Å²) in [6, 6.07) is 9.92. The van der Waals surface area contributed by atoms with Crippen LogP contribution in [0.2, 0.25) is 0 Å². The van der Waals surface area contributed by atoms with Crippen LogP contribution in [0.1, 0.15) is 25.8 Å². The topological polar surface area (TPSA) is 62.6 Å². The van der Waals surface area contributed by atoms with Gasteiger partial charge in [0.1, 0.15) is 0 Å². The van der Waals surface area contributed by atoms with Gasteiger partial charge >= 0.3 is 6.03 Å². The molecule has 0 spiro atoms. The molecule has 1 unspecified atom stereocenters. The highest BCUT2D eigenvalue weighted by Crippen LogP contribution is 2.17. The molecule has 1 aliphatic rings. The molecule has 0 bridgehead atoms. The molecule has 1 aromatic carbocycles. The van der Waals surface area contributed by atoms with Gasteiger partial charge in [-0.1, -0.05) is 44.2 Å². The van der Waals surface area contributed by atoms with Crippen LogP contribution < -0.4 is 15.5 Å². The minimum atomic E-state index is -0.402. The average molecular weight is 316 g/mol. The Kier molecular flexibility index (Phi) is 6.35. The number of urea groups is 1. The first-order valence-corrected chi connectivity index (χ1v) is 8.20. The van der Waals surface area contributed by atoms with E-state index in [0.717, 1.165) is 19.5 Å². The van der Waals surface area contributed by atoms with E-state index in [2.05, 4.69) is 28.8 Å². The van der Waals surface area contributed by atoms with Crippen molar-refractivity contribution < 1.29 is 14.5 Å². The fourth-order valence-electron chi connectivity index (χ4n) is 2.60. The summed E-state index contributed by atoms with van der Waals surface area (Å²) in [5.41, 5.74) is 2.59. The Morgan fingerprint density at radius 1 is 1.22 bits per heavy atom. The van der Waals surface area contributed by atoms with E-state index < -0.39 is 6.03 Å². The molecule has 1 atom stereocenters. The highest BCUT2D eigenvalue weighted by molar-refractivity contribution is 5.94. The summed E-state index contributed by atoms with van der Waals surface area (Å²) in [6.45, 7) is 6.63. The summed E-state index contributed by atoms with van der Waals surface area (Å²) >= 11 is 0. The molecule has 0 radical (unpaired) electrons. The molecule has 1 aliphatic heterocycles. The van der Waals surface area contributed by atoms with Crippen LogP contribution in [0.15, 0.2) is 36.4 Å². The number of amides is 3. The van der Waals surface area contributed by atoms with Crippen LogP contribution in [0.5, 0.6) is 0 Å². The quantitative estimate of drug-likeness (QED) is 0.754. The molecule has 5 heteroatoms. The number of benzene rings is 1. The average Bonchev–Trinajstić information content (AvgIpc) is 2.54. The zero-order valence-electron chi connectivity index (χ0n) is 13.9. The zero-order chi connectivity index (χ0) is 16.7. The zero-order valence-corrected chi connectivity index (χ0v) is 13.9. The van der Waals surface area contributed by atoms with Crippen molar-refractivity contribution in [2.75, 3.05) is 26.2 Å². The van der Waals surface area contributed by atoms with E-state index in [4.69, 9.17) is 0 Å². The van der Waals surface area contributed by atoms with Crippen molar-refractivity contribution in [2.45, 2.75) is 20.3 Å². The van der Waals surface area contributed by atoms with Gasteiger partial charge in [0.05, 0.1) is 13.1 Å². The van der Waals surface area contributed by atoms with Crippen LogP contribution >= 0.6 is 0 Å². The van der Waals surface area contributed by atoms with Crippen molar-refractivity contribution in [1.82, 2.24) is 10.6 Å². The van der Waals surface area contributed by atoms with Gasteiger partial charge in [0.15, 0.2) is 6.54 Å². The van der Waals surface area contributed by atoms with E-state index in [-0.39, 0.29) is 5.91 Å². The lowest BCUT2D eigenvalue weighted by molar-refractivity contribution is -0.886. The van der Waals surface area contributed by atoms with Gasteiger partial charge in [-0.15, -0.1) is 0 Å². The third-order valence-electron chi connectivity index (χ3n) is 3.86. The highest BCUT2D eigenvalue weighted by atomic mass is 16.2.